The number of aryl methyl sites for hydroxylation is 2. The molecule has 0 fully saturated rings. The zero-order chi connectivity index (χ0) is 16.4. The molecule has 0 bridgehead atoms. The molecule has 0 aliphatic rings. The molecule has 2 heterocycles. The lowest BCUT2D eigenvalue weighted by Gasteiger charge is -1.98. The Morgan fingerprint density at radius 1 is 1.17 bits per heavy atom. The summed E-state index contributed by atoms with van der Waals surface area (Å²) in [5.41, 5.74) is 1.25. The van der Waals surface area contributed by atoms with E-state index in [0.29, 0.717) is 29.4 Å². The lowest BCUT2D eigenvalue weighted by Crippen LogP contribution is -2.12. The summed E-state index contributed by atoms with van der Waals surface area (Å²) in [5.74, 6) is 0.808. The van der Waals surface area contributed by atoms with Crippen LogP contribution in [0.25, 0.3) is 0 Å². The van der Waals surface area contributed by atoms with Crippen molar-refractivity contribution in [3.63, 3.8) is 0 Å². The van der Waals surface area contributed by atoms with E-state index < -0.39 is 0 Å². The summed E-state index contributed by atoms with van der Waals surface area (Å²) < 4.78 is 23.5. The van der Waals surface area contributed by atoms with Crippen LogP contribution in [0.4, 0.5) is 10.4 Å². The van der Waals surface area contributed by atoms with E-state index >= 15 is 0 Å². The standard InChI is InChI=1S/C16H14FN3O3/c1-9-7-13(10(2)22-9)15(21)18-16-20-19-14(23-16)8-11-3-5-12(17)6-4-11/h3-7H,8H2,1-2H3,(H,18,20,21). The van der Waals surface area contributed by atoms with Gasteiger partial charge in [-0.25, -0.2) is 4.39 Å². The van der Waals surface area contributed by atoms with Crippen molar-refractivity contribution in [2.24, 2.45) is 0 Å². The van der Waals surface area contributed by atoms with Crippen molar-refractivity contribution >= 4 is 11.9 Å². The minimum atomic E-state index is -0.378. The molecule has 7 heteroatoms. The number of nitrogens with zero attached hydrogens (tertiary/aromatic N) is 2. The second-order valence-corrected chi connectivity index (χ2v) is 5.09. The van der Waals surface area contributed by atoms with Gasteiger partial charge in [0.1, 0.15) is 17.3 Å². The lowest BCUT2D eigenvalue weighted by molar-refractivity contribution is 0.102. The maximum Gasteiger partial charge on any atom is 0.322 e. The fourth-order valence-electron chi connectivity index (χ4n) is 2.17. The smallest absolute Gasteiger partial charge is 0.322 e. The highest BCUT2D eigenvalue weighted by Crippen LogP contribution is 2.16. The Morgan fingerprint density at radius 3 is 2.57 bits per heavy atom. The molecule has 6 nitrogen and oxygen atoms in total. The summed E-state index contributed by atoms with van der Waals surface area (Å²) in [4.78, 5) is 12.1. The van der Waals surface area contributed by atoms with Crippen molar-refractivity contribution in [3.8, 4) is 0 Å². The SMILES string of the molecule is Cc1cc(C(=O)Nc2nnc(Cc3ccc(F)cc3)o2)c(C)o1. The Morgan fingerprint density at radius 2 is 1.91 bits per heavy atom. The number of anilines is 1. The molecular weight excluding hydrogens is 301 g/mol. The third-order valence-electron chi connectivity index (χ3n) is 3.24. The first-order valence-corrected chi connectivity index (χ1v) is 6.96. The number of aromatic nitrogens is 2. The van der Waals surface area contributed by atoms with Gasteiger partial charge in [-0.15, -0.1) is 5.10 Å². The molecule has 0 spiro atoms. The first kappa shape index (κ1) is 15.0. The molecular formula is C16H14FN3O3. The van der Waals surface area contributed by atoms with Gasteiger partial charge in [-0.2, -0.15) is 0 Å². The molecule has 0 aliphatic carbocycles. The number of carbonyl (C=O) groups is 1. The fraction of sp³-hybridized carbons (Fsp3) is 0.188. The number of hydrogen-bond donors (Lipinski definition) is 1. The second-order valence-electron chi connectivity index (χ2n) is 5.09. The number of furan rings is 1. The maximum atomic E-state index is 12.9. The van der Waals surface area contributed by atoms with Crippen LogP contribution in [-0.2, 0) is 6.42 Å². The average Bonchev–Trinajstić information content (AvgIpc) is 3.07. The average molecular weight is 315 g/mol. The van der Waals surface area contributed by atoms with Crippen molar-refractivity contribution in [1.29, 1.82) is 0 Å². The third-order valence-corrected chi connectivity index (χ3v) is 3.24. The molecule has 0 radical (unpaired) electrons. The Hall–Kier alpha value is -2.96. The summed E-state index contributed by atoms with van der Waals surface area (Å²) >= 11 is 0. The van der Waals surface area contributed by atoms with Crippen LogP contribution in [0.3, 0.4) is 0 Å². The summed E-state index contributed by atoms with van der Waals surface area (Å²) in [7, 11) is 0. The molecule has 118 valence electrons. The van der Waals surface area contributed by atoms with Gasteiger partial charge in [0, 0.05) is 0 Å². The van der Waals surface area contributed by atoms with Crippen LogP contribution in [0.2, 0.25) is 0 Å². The van der Waals surface area contributed by atoms with E-state index in [-0.39, 0.29) is 17.7 Å². The van der Waals surface area contributed by atoms with E-state index in [9.17, 15) is 9.18 Å². The van der Waals surface area contributed by atoms with Gasteiger partial charge in [0.25, 0.3) is 5.91 Å². The van der Waals surface area contributed by atoms with Crippen LogP contribution in [0.5, 0.6) is 0 Å². The molecule has 1 amide bonds. The topological polar surface area (TPSA) is 81.2 Å². The molecule has 1 N–H and O–H groups in total. The largest absolute Gasteiger partial charge is 0.466 e. The number of amides is 1. The maximum absolute atomic E-state index is 12.9. The van der Waals surface area contributed by atoms with Crippen molar-refractivity contribution < 1.29 is 18.0 Å². The Labute approximate surface area is 131 Å². The molecule has 0 saturated heterocycles. The van der Waals surface area contributed by atoms with Crippen LogP contribution in [0.15, 0.2) is 39.2 Å². The number of carbonyl (C=O) groups excluding carboxylic acids is 1. The number of nitrogens with one attached hydrogen (secondary N) is 1. The van der Waals surface area contributed by atoms with E-state index in [2.05, 4.69) is 15.5 Å². The highest BCUT2D eigenvalue weighted by atomic mass is 19.1. The first-order chi connectivity index (χ1) is 11.0. The molecule has 23 heavy (non-hydrogen) atoms. The van der Waals surface area contributed by atoms with Crippen LogP contribution in [-0.4, -0.2) is 16.1 Å². The predicted molar refractivity (Wildman–Crippen MR) is 79.6 cm³/mol. The van der Waals surface area contributed by atoms with Crippen LogP contribution in [0, 0.1) is 19.7 Å². The van der Waals surface area contributed by atoms with Gasteiger partial charge in [0.2, 0.25) is 5.89 Å². The third kappa shape index (κ3) is 3.45. The highest BCUT2D eigenvalue weighted by molar-refractivity contribution is 6.03. The van der Waals surface area contributed by atoms with Crippen molar-refractivity contribution in [2.75, 3.05) is 5.32 Å². The van der Waals surface area contributed by atoms with E-state index in [1.54, 1.807) is 32.0 Å². The summed E-state index contributed by atoms with van der Waals surface area (Å²) in [6, 6.07) is 7.63. The van der Waals surface area contributed by atoms with Crippen molar-refractivity contribution in [3.05, 3.63) is 64.7 Å². The number of hydrogen-bond acceptors (Lipinski definition) is 5. The summed E-state index contributed by atoms with van der Waals surface area (Å²) in [5, 5.41) is 10.2. The quantitative estimate of drug-likeness (QED) is 0.799. The van der Waals surface area contributed by atoms with Crippen LogP contribution >= 0.6 is 0 Å². The van der Waals surface area contributed by atoms with Crippen molar-refractivity contribution in [2.45, 2.75) is 20.3 Å². The zero-order valence-electron chi connectivity index (χ0n) is 12.6. The van der Waals surface area contributed by atoms with E-state index in [1.165, 1.54) is 12.1 Å². The summed E-state index contributed by atoms with van der Waals surface area (Å²) in [6.07, 6.45) is 0.354. The lowest BCUT2D eigenvalue weighted by atomic mass is 10.1. The first-order valence-electron chi connectivity index (χ1n) is 6.96. The zero-order valence-corrected chi connectivity index (χ0v) is 12.6. The van der Waals surface area contributed by atoms with Crippen LogP contribution < -0.4 is 5.32 Å². The molecule has 0 saturated carbocycles. The Balaban J connectivity index is 1.68. The van der Waals surface area contributed by atoms with Gasteiger partial charge in [-0.05, 0) is 37.6 Å². The second kappa shape index (κ2) is 6.04. The molecule has 0 atom stereocenters. The van der Waals surface area contributed by atoms with Crippen LogP contribution in [0.1, 0.15) is 33.3 Å². The monoisotopic (exact) mass is 315 g/mol. The predicted octanol–water partition coefficient (Wildman–Crippen LogP) is 3.26. The van der Waals surface area contributed by atoms with E-state index in [1.807, 2.05) is 0 Å². The van der Waals surface area contributed by atoms with E-state index in [4.69, 9.17) is 8.83 Å². The molecule has 0 aliphatic heterocycles. The van der Waals surface area contributed by atoms with E-state index in [0.717, 1.165) is 5.56 Å². The fourth-order valence-corrected chi connectivity index (χ4v) is 2.17. The Kier molecular flexibility index (Phi) is 3.92. The van der Waals surface area contributed by atoms with Gasteiger partial charge < -0.3 is 8.83 Å². The molecule has 1 aromatic carbocycles. The molecule has 3 rings (SSSR count). The summed E-state index contributed by atoms with van der Waals surface area (Å²) in [6.45, 7) is 3.47. The molecule has 0 unspecified atom stereocenters. The Bertz CT molecular complexity index is 837. The van der Waals surface area contributed by atoms with Gasteiger partial charge in [-0.1, -0.05) is 17.2 Å². The van der Waals surface area contributed by atoms with Gasteiger partial charge >= 0.3 is 6.01 Å². The number of benzene rings is 1. The van der Waals surface area contributed by atoms with Gasteiger partial charge in [0.05, 0.1) is 12.0 Å². The normalized spacial score (nSPS) is 10.7. The molecule has 2 aromatic heterocycles. The highest BCUT2D eigenvalue weighted by Gasteiger charge is 2.16. The minimum absolute atomic E-state index is 0.00497. The van der Waals surface area contributed by atoms with Gasteiger partial charge in [0.15, 0.2) is 0 Å². The number of halogens is 1. The van der Waals surface area contributed by atoms with Crippen molar-refractivity contribution in [1.82, 2.24) is 10.2 Å². The molecule has 3 aromatic rings. The minimum Gasteiger partial charge on any atom is -0.466 e. The number of rotatable bonds is 4. The van der Waals surface area contributed by atoms with Gasteiger partial charge in [-0.3, -0.25) is 10.1 Å².